The molecule has 2 aliphatic rings. The van der Waals surface area contributed by atoms with E-state index in [0.717, 1.165) is 22.2 Å². The molecule has 3 heterocycles. The summed E-state index contributed by atoms with van der Waals surface area (Å²) >= 11 is 0. The van der Waals surface area contributed by atoms with Gasteiger partial charge in [-0.25, -0.2) is 9.59 Å². The Kier molecular flexibility index (Phi) is 11.7. The molecule has 0 radical (unpaired) electrons. The first-order valence-corrected chi connectivity index (χ1v) is 19.0. The molecule has 2 aliphatic heterocycles. The van der Waals surface area contributed by atoms with Crippen LogP contribution in [0.1, 0.15) is 48.9 Å². The van der Waals surface area contributed by atoms with E-state index in [1.54, 1.807) is 72.8 Å². The first kappa shape index (κ1) is 39.1. The number of nitrogens with one attached hydrogen (secondary N) is 5. The summed E-state index contributed by atoms with van der Waals surface area (Å²) in [5, 5.41) is 21.1. The molecule has 0 spiro atoms. The van der Waals surface area contributed by atoms with Crippen molar-refractivity contribution in [2.45, 2.75) is 49.9 Å². The van der Waals surface area contributed by atoms with Crippen molar-refractivity contribution in [3.05, 3.63) is 120 Å². The minimum Gasteiger partial charge on any atom is -0.465 e. The van der Waals surface area contributed by atoms with Crippen LogP contribution in [0, 0.1) is 0 Å². The number of anilines is 2. The molecule has 1 aromatic heterocycles. The van der Waals surface area contributed by atoms with Gasteiger partial charge in [-0.2, -0.15) is 0 Å². The fraction of sp³-hybridized carbons (Fsp3) is 0.256. The van der Waals surface area contributed by atoms with Crippen LogP contribution in [0.5, 0.6) is 0 Å². The maximum absolute atomic E-state index is 13.8. The van der Waals surface area contributed by atoms with Gasteiger partial charge in [-0.1, -0.05) is 72.8 Å². The largest absolute Gasteiger partial charge is 0.465 e. The Morgan fingerprint density at radius 3 is 1.72 bits per heavy atom. The highest BCUT2D eigenvalue weighted by molar-refractivity contribution is 6.01. The predicted octanol–water partition coefficient (Wildman–Crippen LogP) is 5.80. The number of carbonyl (C=O) groups is 6. The lowest BCUT2D eigenvalue weighted by atomic mass is 10.0. The zero-order valence-electron chi connectivity index (χ0n) is 31.6. The molecule has 58 heavy (non-hydrogen) atoms. The Morgan fingerprint density at radius 1 is 0.672 bits per heavy atom. The molecule has 6 N–H and O–H groups in total. The molecule has 15 nitrogen and oxygen atoms in total. The molecule has 298 valence electrons. The molecule has 4 aromatic carbocycles. The zero-order chi connectivity index (χ0) is 40.8. The van der Waals surface area contributed by atoms with Crippen LogP contribution in [-0.2, 0) is 23.9 Å². The van der Waals surface area contributed by atoms with Gasteiger partial charge in [0.2, 0.25) is 11.8 Å². The summed E-state index contributed by atoms with van der Waals surface area (Å²) in [6, 6.07) is 28.4. The Labute approximate surface area is 333 Å². The molecule has 5 aromatic rings. The summed E-state index contributed by atoms with van der Waals surface area (Å²) in [4.78, 5) is 84.4. The molecule has 4 atom stereocenters. The van der Waals surface area contributed by atoms with Gasteiger partial charge in [0.15, 0.2) is 0 Å². The van der Waals surface area contributed by atoms with Gasteiger partial charge < -0.3 is 45.9 Å². The van der Waals surface area contributed by atoms with E-state index in [1.807, 2.05) is 36.4 Å². The van der Waals surface area contributed by atoms with Gasteiger partial charge in [-0.05, 0) is 78.8 Å². The van der Waals surface area contributed by atoms with Crippen molar-refractivity contribution in [3.63, 3.8) is 0 Å². The van der Waals surface area contributed by atoms with Crippen LogP contribution in [-0.4, -0.2) is 88.0 Å². The zero-order valence-corrected chi connectivity index (χ0v) is 31.6. The number of ether oxygens (including phenoxy) is 1. The Hall–Kier alpha value is -7.16. The van der Waals surface area contributed by atoms with Crippen molar-refractivity contribution in [2.24, 2.45) is 0 Å². The lowest BCUT2D eigenvalue weighted by Crippen LogP contribution is -2.48. The predicted molar refractivity (Wildman–Crippen MR) is 216 cm³/mol. The number of methoxy groups -OCH3 is 1. The standard InChI is InChI=1S/C43H43N7O8/c1-58-43(57)48-37(28-12-6-3-7-13-28)41(54)50-23-9-15-35(50)39(52)45-31-20-21-32-29(24-31)25-33(46-32)26-16-18-30(19-17-26)44-38(51)34-14-8-22-49(34)40(53)36(47-42(55)56)27-10-4-2-5-11-27/h2-7,10-13,16-21,24-25,34-37,46-47H,8-9,14-15,22-23H2,1H3,(H,44,51)(H,45,52)(H,48,57)(H,55,56)/t34-,35-,36+,37+/m0/s1. The molecule has 7 rings (SSSR count). The number of carbonyl (C=O) groups excluding carboxylic acids is 5. The molecular weight excluding hydrogens is 743 g/mol. The highest BCUT2D eigenvalue weighted by atomic mass is 16.5. The molecule has 0 bridgehead atoms. The summed E-state index contributed by atoms with van der Waals surface area (Å²) in [6.07, 6.45) is 0.0657. The van der Waals surface area contributed by atoms with Crippen molar-refractivity contribution < 1.29 is 38.6 Å². The van der Waals surface area contributed by atoms with E-state index in [0.29, 0.717) is 61.3 Å². The number of hydrogen-bond acceptors (Lipinski definition) is 7. The number of nitrogens with zero attached hydrogens (tertiary/aromatic N) is 2. The second-order valence-electron chi connectivity index (χ2n) is 14.2. The van der Waals surface area contributed by atoms with Crippen LogP contribution in [0.15, 0.2) is 109 Å². The number of aromatic nitrogens is 1. The van der Waals surface area contributed by atoms with Crippen molar-refractivity contribution in [3.8, 4) is 11.3 Å². The lowest BCUT2D eigenvalue weighted by molar-refractivity contribution is -0.138. The maximum atomic E-state index is 13.8. The summed E-state index contributed by atoms with van der Waals surface area (Å²) in [7, 11) is 1.22. The van der Waals surface area contributed by atoms with Gasteiger partial charge in [0, 0.05) is 41.1 Å². The number of hydrogen-bond donors (Lipinski definition) is 6. The Morgan fingerprint density at radius 2 is 1.19 bits per heavy atom. The molecular formula is C43H43N7O8. The summed E-state index contributed by atoms with van der Waals surface area (Å²) in [6.45, 7) is 0.697. The van der Waals surface area contributed by atoms with Crippen LogP contribution in [0.2, 0.25) is 0 Å². The van der Waals surface area contributed by atoms with E-state index in [1.165, 1.54) is 16.9 Å². The van der Waals surface area contributed by atoms with E-state index < -0.39 is 48.2 Å². The van der Waals surface area contributed by atoms with E-state index in [2.05, 4.69) is 26.3 Å². The number of alkyl carbamates (subject to hydrolysis) is 1. The van der Waals surface area contributed by atoms with Crippen LogP contribution in [0.3, 0.4) is 0 Å². The average molecular weight is 786 g/mol. The molecule has 2 fully saturated rings. The van der Waals surface area contributed by atoms with Crippen LogP contribution >= 0.6 is 0 Å². The SMILES string of the molecule is COC(=O)N[C@@H](C(=O)N1CCC[C@H]1C(=O)Nc1ccc2[nH]c(-c3ccc(NC(=O)[C@@H]4CCCN4C(=O)[C@H](NC(=O)O)c4ccccc4)cc3)cc2c1)c1ccccc1. The Balaban J connectivity index is 0.992. The molecule has 0 saturated carbocycles. The first-order chi connectivity index (χ1) is 28.1. The second-order valence-corrected chi connectivity index (χ2v) is 14.2. The molecule has 15 heteroatoms. The molecule has 2 saturated heterocycles. The highest BCUT2D eigenvalue weighted by Crippen LogP contribution is 2.30. The summed E-state index contributed by atoms with van der Waals surface area (Å²) in [5.41, 5.74) is 4.64. The maximum Gasteiger partial charge on any atom is 0.407 e. The molecule has 0 unspecified atom stereocenters. The highest BCUT2D eigenvalue weighted by Gasteiger charge is 2.40. The number of amides is 6. The van der Waals surface area contributed by atoms with Gasteiger partial charge in [-0.3, -0.25) is 19.2 Å². The van der Waals surface area contributed by atoms with Gasteiger partial charge >= 0.3 is 12.2 Å². The van der Waals surface area contributed by atoms with Crippen molar-refractivity contribution in [1.29, 1.82) is 0 Å². The van der Waals surface area contributed by atoms with Crippen molar-refractivity contribution in [2.75, 3.05) is 30.8 Å². The summed E-state index contributed by atoms with van der Waals surface area (Å²) in [5.74, 6) is -1.58. The number of aromatic amines is 1. The summed E-state index contributed by atoms with van der Waals surface area (Å²) < 4.78 is 4.76. The Bertz CT molecular complexity index is 2320. The monoisotopic (exact) mass is 785 g/mol. The third-order valence-corrected chi connectivity index (χ3v) is 10.5. The van der Waals surface area contributed by atoms with Crippen LogP contribution in [0.4, 0.5) is 21.0 Å². The number of H-pyrrole nitrogens is 1. The number of rotatable bonds is 11. The van der Waals surface area contributed by atoms with E-state index in [9.17, 15) is 33.9 Å². The first-order valence-electron chi connectivity index (χ1n) is 19.0. The third kappa shape index (κ3) is 8.63. The van der Waals surface area contributed by atoms with E-state index in [-0.39, 0.29) is 11.8 Å². The third-order valence-electron chi connectivity index (χ3n) is 10.5. The normalized spacial score (nSPS) is 17.3. The average Bonchev–Trinajstić information content (AvgIpc) is 4.03. The minimum atomic E-state index is -1.34. The number of fused-ring (bicyclic) bond motifs is 1. The number of benzene rings is 4. The molecule has 0 aliphatic carbocycles. The number of likely N-dealkylation sites (tertiary alicyclic amines) is 2. The second kappa shape index (κ2) is 17.3. The number of carboxylic acid groups (broad SMARTS) is 1. The van der Waals surface area contributed by atoms with E-state index in [4.69, 9.17) is 4.74 Å². The van der Waals surface area contributed by atoms with Gasteiger partial charge in [0.25, 0.3) is 11.8 Å². The van der Waals surface area contributed by atoms with Crippen LogP contribution in [0.25, 0.3) is 22.2 Å². The van der Waals surface area contributed by atoms with Crippen molar-refractivity contribution >= 4 is 58.1 Å². The minimum absolute atomic E-state index is 0.330. The fourth-order valence-electron chi connectivity index (χ4n) is 7.65. The fourth-order valence-corrected chi connectivity index (χ4v) is 7.65. The van der Waals surface area contributed by atoms with E-state index >= 15 is 0 Å². The van der Waals surface area contributed by atoms with Crippen LogP contribution < -0.4 is 21.3 Å². The van der Waals surface area contributed by atoms with Gasteiger partial charge in [-0.15, -0.1) is 0 Å². The van der Waals surface area contributed by atoms with Crippen molar-refractivity contribution in [1.82, 2.24) is 25.4 Å². The smallest absolute Gasteiger partial charge is 0.407 e. The molecule has 6 amide bonds. The lowest BCUT2D eigenvalue weighted by Gasteiger charge is -2.28. The van der Waals surface area contributed by atoms with Gasteiger partial charge in [0.1, 0.15) is 24.2 Å². The topological polar surface area (TPSA) is 202 Å². The quantitative estimate of drug-likeness (QED) is 0.0964. The van der Waals surface area contributed by atoms with Gasteiger partial charge in [0.05, 0.1) is 7.11 Å².